The normalized spacial score (nSPS) is 22.2. The zero-order valence-corrected chi connectivity index (χ0v) is 15.3. The number of carboxylic acids is 1. The van der Waals surface area contributed by atoms with Gasteiger partial charge in [-0.2, -0.15) is 4.98 Å². The second-order valence-corrected chi connectivity index (χ2v) is 8.53. The molecule has 0 atom stereocenters. The van der Waals surface area contributed by atoms with Gasteiger partial charge in [0, 0.05) is 30.3 Å². The van der Waals surface area contributed by atoms with Crippen LogP contribution in [-0.2, 0) is 16.8 Å². The van der Waals surface area contributed by atoms with E-state index >= 15 is 0 Å². The molecular formula is C18H21N3O4S. The minimum atomic E-state index is -0.854. The van der Waals surface area contributed by atoms with Crippen molar-refractivity contribution in [3.63, 3.8) is 0 Å². The second-order valence-electron chi connectivity index (χ2n) is 7.39. The summed E-state index contributed by atoms with van der Waals surface area (Å²) in [5.41, 5.74) is 0.712. The SMILES string of the molecule is O=C(O)c1cc2c(s1)CCOC21CCN(c2noc(C3CCC3)n2)CC1. The lowest BCUT2D eigenvalue weighted by molar-refractivity contribution is -0.0758. The number of rotatable bonds is 3. The van der Waals surface area contributed by atoms with Crippen LogP contribution in [0.1, 0.15) is 64.0 Å². The summed E-state index contributed by atoms with van der Waals surface area (Å²) in [4.78, 5) is 19.7. The van der Waals surface area contributed by atoms with Gasteiger partial charge < -0.3 is 19.3 Å². The zero-order chi connectivity index (χ0) is 17.7. The average molecular weight is 375 g/mol. The van der Waals surface area contributed by atoms with Crippen LogP contribution < -0.4 is 4.90 Å². The summed E-state index contributed by atoms with van der Waals surface area (Å²) in [6.45, 7) is 2.21. The van der Waals surface area contributed by atoms with E-state index in [0.29, 0.717) is 23.4 Å². The number of aromatic carboxylic acids is 1. The summed E-state index contributed by atoms with van der Waals surface area (Å²) in [6.07, 6.45) is 5.95. The van der Waals surface area contributed by atoms with Crippen molar-refractivity contribution in [2.75, 3.05) is 24.6 Å². The topological polar surface area (TPSA) is 88.7 Å². The number of aromatic nitrogens is 2. The van der Waals surface area contributed by atoms with Gasteiger partial charge in [0.2, 0.25) is 5.89 Å². The first kappa shape index (κ1) is 16.3. The number of piperidine rings is 1. The van der Waals surface area contributed by atoms with Crippen molar-refractivity contribution in [1.82, 2.24) is 10.1 Å². The number of hydrogen-bond acceptors (Lipinski definition) is 7. The quantitative estimate of drug-likeness (QED) is 0.881. The number of fused-ring (bicyclic) bond motifs is 2. The van der Waals surface area contributed by atoms with Crippen LogP contribution in [0.25, 0.3) is 0 Å². The van der Waals surface area contributed by atoms with E-state index in [4.69, 9.17) is 9.26 Å². The van der Waals surface area contributed by atoms with E-state index < -0.39 is 5.97 Å². The Balaban J connectivity index is 1.34. The van der Waals surface area contributed by atoms with Crippen molar-refractivity contribution < 1.29 is 19.2 Å². The molecule has 0 radical (unpaired) electrons. The van der Waals surface area contributed by atoms with E-state index in [9.17, 15) is 9.90 Å². The Morgan fingerprint density at radius 2 is 2.15 bits per heavy atom. The van der Waals surface area contributed by atoms with E-state index in [-0.39, 0.29) is 5.60 Å². The van der Waals surface area contributed by atoms with E-state index in [1.807, 2.05) is 6.07 Å². The van der Waals surface area contributed by atoms with Crippen molar-refractivity contribution in [2.24, 2.45) is 0 Å². The molecule has 2 aliphatic heterocycles. The zero-order valence-electron chi connectivity index (χ0n) is 14.4. The van der Waals surface area contributed by atoms with Crippen LogP contribution in [0.3, 0.4) is 0 Å². The predicted octanol–water partition coefficient (Wildman–Crippen LogP) is 3.17. The number of ether oxygens (including phenoxy) is 1. The largest absolute Gasteiger partial charge is 0.477 e. The molecule has 2 aromatic heterocycles. The minimum absolute atomic E-state index is 0.366. The molecule has 1 spiro atoms. The molecular weight excluding hydrogens is 354 g/mol. The van der Waals surface area contributed by atoms with Gasteiger partial charge in [0.15, 0.2) is 0 Å². The fourth-order valence-corrected chi connectivity index (χ4v) is 5.25. The van der Waals surface area contributed by atoms with Gasteiger partial charge in [-0.25, -0.2) is 4.79 Å². The monoisotopic (exact) mass is 375 g/mol. The van der Waals surface area contributed by atoms with Crippen molar-refractivity contribution in [3.8, 4) is 0 Å². The first-order chi connectivity index (χ1) is 12.6. The van der Waals surface area contributed by atoms with Gasteiger partial charge in [-0.05, 0) is 42.5 Å². The first-order valence-corrected chi connectivity index (χ1v) is 10.1. The smallest absolute Gasteiger partial charge is 0.345 e. The lowest BCUT2D eigenvalue weighted by atomic mass is 9.82. The third-order valence-electron chi connectivity index (χ3n) is 5.96. The highest BCUT2D eigenvalue weighted by molar-refractivity contribution is 7.14. The van der Waals surface area contributed by atoms with Crippen molar-refractivity contribution in [2.45, 2.75) is 50.0 Å². The van der Waals surface area contributed by atoms with Crippen LogP contribution in [0.4, 0.5) is 5.95 Å². The molecule has 0 bridgehead atoms. The fourth-order valence-electron chi connectivity index (χ4n) is 4.18. The Morgan fingerprint density at radius 3 is 2.85 bits per heavy atom. The number of anilines is 1. The Morgan fingerprint density at radius 1 is 1.35 bits per heavy atom. The molecule has 3 aliphatic rings. The molecule has 0 amide bonds. The van der Waals surface area contributed by atoms with Gasteiger partial charge in [-0.3, -0.25) is 0 Å². The average Bonchev–Trinajstić information content (AvgIpc) is 3.22. The minimum Gasteiger partial charge on any atom is -0.477 e. The Bertz CT molecular complexity index is 833. The van der Waals surface area contributed by atoms with Crippen LogP contribution in [0.5, 0.6) is 0 Å². The lowest BCUT2D eigenvalue weighted by Gasteiger charge is -2.43. The highest BCUT2D eigenvalue weighted by atomic mass is 32.1. The summed E-state index contributed by atoms with van der Waals surface area (Å²) in [6, 6.07) is 1.82. The molecule has 138 valence electrons. The van der Waals surface area contributed by atoms with Crippen molar-refractivity contribution in [1.29, 1.82) is 0 Å². The van der Waals surface area contributed by atoms with E-state index in [1.54, 1.807) is 0 Å². The molecule has 26 heavy (non-hydrogen) atoms. The maximum atomic E-state index is 11.3. The number of carboxylic acid groups (broad SMARTS) is 1. The molecule has 1 saturated carbocycles. The maximum Gasteiger partial charge on any atom is 0.345 e. The molecule has 5 rings (SSSR count). The third-order valence-corrected chi connectivity index (χ3v) is 7.14. The van der Waals surface area contributed by atoms with Crippen LogP contribution in [0.15, 0.2) is 10.6 Å². The Hall–Kier alpha value is -1.93. The van der Waals surface area contributed by atoms with Crippen LogP contribution >= 0.6 is 11.3 Å². The standard InChI is InChI=1S/C18H21N3O4S/c22-16(23)14-10-12-13(26-14)4-9-24-18(12)5-7-21(8-6-18)17-19-15(25-20-17)11-2-1-3-11/h10-11H,1-9H2,(H,22,23). The maximum absolute atomic E-state index is 11.3. The molecule has 1 saturated heterocycles. The third kappa shape index (κ3) is 2.54. The van der Waals surface area contributed by atoms with Crippen molar-refractivity contribution in [3.05, 3.63) is 27.3 Å². The molecule has 1 aliphatic carbocycles. The predicted molar refractivity (Wildman–Crippen MR) is 94.9 cm³/mol. The Kier molecular flexibility index (Phi) is 3.79. The molecule has 2 fully saturated rings. The molecule has 0 unspecified atom stereocenters. The van der Waals surface area contributed by atoms with Crippen LogP contribution in [0.2, 0.25) is 0 Å². The summed E-state index contributed by atoms with van der Waals surface area (Å²) >= 11 is 1.39. The molecule has 2 aromatic rings. The molecule has 4 heterocycles. The number of nitrogens with zero attached hydrogens (tertiary/aromatic N) is 3. The van der Waals surface area contributed by atoms with Gasteiger partial charge in [0.05, 0.1) is 12.2 Å². The van der Waals surface area contributed by atoms with Gasteiger partial charge in [0.25, 0.3) is 5.95 Å². The molecule has 8 heteroatoms. The fraction of sp³-hybridized carbons (Fsp3) is 0.611. The Labute approximate surface area is 155 Å². The summed E-state index contributed by atoms with van der Waals surface area (Å²) < 4.78 is 11.7. The van der Waals surface area contributed by atoms with E-state index in [2.05, 4.69) is 15.0 Å². The van der Waals surface area contributed by atoms with E-state index in [1.165, 1.54) is 17.8 Å². The summed E-state index contributed by atoms with van der Waals surface area (Å²) in [7, 11) is 0. The van der Waals surface area contributed by atoms with Crippen molar-refractivity contribution >= 4 is 23.3 Å². The van der Waals surface area contributed by atoms with Crippen LogP contribution in [-0.4, -0.2) is 40.9 Å². The highest BCUT2D eigenvalue weighted by Crippen LogP contribution is 2.45. The van der Waals surface area contributed by atoms with Gasteiger partial charge in [-0.15, -0.1) is 11.3 Å². The summed E-state index contributed by atoms with van der Waals surface area (Å²) in [5, 5.41) is 13.5. The number of hydrogen-bond donors (Lipinski definition) is 1. The lowest BCUT2D eigenvalue weighted by Crippen LogP contribution is -2.46. The number of carbonyl (C=O) groups is 1. The van der Waals surface area contributed by atoms with Gasteiger partial charge >= 0.3 is 5.97 Å². The van der Waals surface area contributed by atoms with E-state index in [0.717, 1.165) is 61.5 Å². The van der Waals surface area contributed by atoms with Gasteiger partial charge in [-0.1, -0.05) is 6.42 Å². The van der Waals surface area contributed by atoms with Gasteiger partial charge in [0.1, 0.15) is 4.88 Å². The first-order valence-electron chi connectivity index (χ1n) is 9.24. The van der Waals surface area contributed by atoms with Crippen LogP contribution in [0, 0.1) is 0 Å². The molecule has 0 aromatic carbocycles. The molecule has 7 nitrogen and oxygen atoms in total. The number of thiophene rings is 1. The molecule has 1 N–H and O–H groups in total. The second kappa shape index (κ2) is 6.06. The summed E-state index contributed by atoms with van der Waals surface area (Å²) in [5.74, 6) is 1.03. The highest BCUT2D eigenvalue weighted by Gasteiger charge is 2.43.